The molecular weight excluding hydrogens is 232 g/mol. The second-order valence-electron chi connectivity index (χ2n) is 6.70. The summed E-state index contributed by atoms with van der Waals surface area (Å²) >= 11 is 0. The van der Waals surface area contributed by atoms with Gasteiger partial charge in [0.1, 0.15) is 0 Å². The molecule has 1 N–H and O–H groups in total. The van der Waals surface area contributed by atoms with E-state index < -0.39 is 0 Å². The lowest BCUT2D eigenvalue weighted by atomic mass is 10.1. The summed E-state index contributed by atoms with van der Waals surface area (Å²) in [5, 5.41) is 3.51. The molecule has 0 aromatic heterocycles. The molecule has 112 valence electrons. The Hall–Kier alpha value is -0.530. The van der Waals surface area contributed by atoms with Gasteiger partial charge in [-0.1, -0.05) is 64.7 Å². The van der Waals surface area contributed by atoms with Crippen molar-refractivity contribution in [2.45, 2.75) is 96.9 Å². The number of hydrogen-bond acceptors (Lipinski definition) is 2. The van der Waals surface area contributed by atoms with Crippen molar-refractivity contribution < 1.29 is 0 Å². The summed E-state index contributed by atoms with van der Waals surface area (Å²) in [6, 6.07) is 0. The van der Waals surface area contributed by atoms with E-state index in [1.165, 1.54) is 70.0 Å². The van der Waals surface area contributed by atoms with E-state index in [-0.39, 0.29) is 5.54 Å². The van der Waals surface area contributed by atoms with E-state index in [2.05, 4.69) is 31.1 Å². The Labute approximate surface area is 120 Å². The van der Waals surface area contributed by atoms with Crippen molar-refractivity contribution in [3.8, 4) is 0 Å². The van der Waals surface area contributed by atoms with E-state index in [1.54, 1.807) is 0 Å². The first-order valence-corrected chi connectivity index (χ1v) is 8.45. The summed E-state index contributed by atoms with van der Waals surface area (Å²) in [7, 11) is 0. The third-order valence-corrected chi connectivity index (χ3v) is 3.92. The van der Waals surface area contributed by atoms with Gasteiger partial charge < -0.3 is 5.32 Å². The molecule has 19 heavy (non-hydrogen) atoms. The molecular formula is C17H34N2. The first-order chi connectivity index (χ1) is 9.14. The van der Waals surface area contributed by atoms with Crippen LogP contribution in [0, 0.1) is 0 Å². The molecule has 0 atom stereocenters. The quantitative estimate of drug-likeness (QED) is 0.518. The number of nitrogens with zero attached hydrogens (tertiary/aromatic N) is 1. The van der Waals surface area contributed by atoms with Crippen LogP contribution in [0.1, 0.15) is 91.4 Å². The second-order valence-corrected chi connectivity index (χ2v) is 6.70. The number of hydrogen-bond donors (Lipinski definition) is 1. The Bertz CT molecular complexity index is 256. The fourth-order valence-corrected chi connectivity index (χ4v) is 2.68. The number of aliphatic imine (C=N–C) groups is 1. The molecule has 0 aliphatic carbocycles. The molecule has 0 saturated carbocycles. The van der Waals surface area contributed by atoms with Crippen molar-refractivity contribution in [1.82, 2.24) is 5.32 Å². The second kappa shape index (κ2) is 9.39. The minimum Gasteiger partial charge on any atom is -0.367 e. The van der Waals surface area contributed by atoms with Gasteiger partial charge in [-0.05, 0) is 20.3 Å². The minimum absolute atomic E-state index is 0.202. The van der Waals surface area contributed by atoms with Gasteiger partial charge in [0.05, 0.1) is 17.9 Å². The van der Waals surface area contributed by atoms with Gasteiger partial charge in [0, 0.05) is 6.42 Å². The highest BCUT2D eigenvalue weighted by Gasteiger charge is 2.23. The van der Waals surface area contributed by atoms with Crippen LogP contribution in [0.15, 0.2) is 4.99 Å². The van der Waals surface area contributed by atoms with Crippen LogP contribution in [-0.4, -0.2) is 17.9 Å². The van der Waals surface area contributed by atoms with Gasteiger partial charge in [-0.25, -0.2) is 0 Å². The molecule has 1 heterocycles. The molecule has 0 spiro atoms. The molecule has 0 radical (unpaired) electrons. The minimum atomic E-state index is 0.202. The fourth-order valence-electron chi connectivity index (χ4n) is 2.68. The smallest absolute Gasteiger partial charge is 0.0968 e. The van der Waals surface area contributed by atoms with Gasteiger partial charge in [0.25, 0.3) is 0 Å². The van der Waals surface area contributed by atoms with Crippen molar-refractivity contribution in [2.75, 3.05) is 6.54 Å². The predicted octanol–water partition coefficient (Wildman–Crippen LogP) is 5.08. The Morgan fingerprint density at radius 2 is 1.42 bits per heavy atom. The summed E-state index contributed by atoms with van der Waals surface area (Å²) in [6.45, 7) is 7.68. The summed E-state index contributed by atoms with van der Waals surface area (Å²) in [5.41, 5.74) is 0.202. The lowest BCUT2D eigenvalue weighted by Gasteiger charge is -2.18. The van der Waals surface area contributed by atoms with Crippen LogP contribution in [0.25, 0.3) is 0 Å². The number of amidine groups is 1. The zero-order chi connectivity index (χ0) is 14.0. The highest BCUT2D eigenvalue weighted by atomic mass is 15.1. The van der Waals surface area contributed by atoms with Gasteiger partial charge in [-0.2, -0.15) is 0 Å². The van der Waals surface area contributed by atoms with E-state index >= 15 is 0 Å². The number of unbranched alkanes of at least 4 members (excludes halogenated alkanes) is 9. The van der Waals surface area contributed by atoms with E-state index in [1.807, 2.05) is 0 Å². The molecule has 1 rings (SSSR count). The van der Waals surface area contributed by atoms with Crippen LogP contribution >= 0.6 is 0 Å². The summed E-state index contributed by atoms with van der Waals surface area (Å²) in [6.07, 6.45) is 15.2. The monoisotopic (exact) mass is 266 g/mol. The zero-order valence-electron chi connectivity index (χ0n) is 13.4. The zero-order valence-corrected chi connectivity index (χ0v) is 13.4. The van der Waals surface area contributed by atoms with Crippen LogP contribution in [0.2, 0.25) is 0 Å². The first kappa shape index (κ1) is 16.5. The highest BCUT2D eigenvalue weighted by molar-refractivity contribution is 5.84. The lowest BCUT2D eigenvalue weighted by molar-refractivity contribution is 0.502. The highest BCUT2D eigenvalue weighted by Crippen LogP contribution is 2.14. The number of nitrogens with one attached hydrogen (secondary N) is 1. The van der Waals surface area contributed by atoms with Gasteiger partial charge in [0.2, 0.25) is 0 Å². The van der Waals surface area contributed by atoms with Crippen molar-refractivity contribution >= 4 is 5.84 Å². The predicted molar refractivity (Wildman–Crippen MR) is 86.0 cm³/mol. The van der Waals surface area contributed by atoms with Crippen molar-refractivity contribution in [3.63, 3.8) is 0 Å². The third kappa shape index (κ3) is 8.28. The third-order valence-electron chi connectivity index (χ3n) is 3.92. The van der Waals surface area contributed by atoms with Gasteiger partial charge in [0.15, 0.2) is 0 Å². The first-order valence-electron chi connectivity index (χ1n) is 8.45. The summed E-state index contributed by atoms with van der Waals surface area (Å²) in [4.78, 5) is 4.57. The molecule has 2 heteroatoms. The van der Waals surface area contributed by atoms with Crippen molar-refractivity contribution in [2.24, 2.45) is 4.99 Å². The molecule has 1 aliphatic heterocycles. The molecule has 0 unspecified atom stereocenters. The summed E-state index contributed by atoms with van der Waals surface area (Å²) in [5.74, 6) is 1.24. The van der Waals surface area contributed by atoms with Crippen molar-refractivity contribution in [1.29, 1.82) is 0 Å². The molecule has 0 aromatic carbocycles. The molecule has 0 aromatic rings. The average molecular weight is 266 g/mol. The Balaban J connectivity index is 1.82. The number of rotatable bonds is 11. The molecule has 0 fully saturated rings. The van der Waals surface area contributed by atoms with E-state index in [0.717, 1.165) is 13.0 Å². The van der Waals surface area contributed by atoms with Gasteiger partial charge in [-0.15, -0.1) is 0 Å². The van der Waals surface area contributed by atoms with Crippen LogP contribution in [-0.2, 0) is 0 Å². The van der Waals surface area contributed by atoms with Gasteiger partial charge >= 0.3 is 0 Å². The van der Waals surface area contributed by atoms with E-state index in [4.69, 9.17) is 0 Å². The van der Waals surface area contributed by atoms with Gasteiger partial charge in [-0.3, -0.25) is 4.99 Å². The molecule has 2 nitrogen and oxygen atoms in total. The van der Waals surface area contributed by atoms with E-state index in [0.29, 0.717) is 0 Å². The Morgan fingerprint density at radius 3 is 1.89 bits per heavy atom. The van der Waals surface area contributed by atoms with E-state index in [9.17, 15) is 0 Å². The normalized spacial score (nSPS) is 17.3. The Kier molecular flexibility index (Phi) is 8.16. The standard InChI is InChI=1S/C17H34N2/c1-4-5-6-7-8-9-10-11-12-13-14-16-18-15-17(2,3)19-16/h4-15H2,1-3H3,(H,18,19). The van der Waals surface area contributed by atoms with Crippen LogP contribution in [0.4, 0.5) is 0 Å². The van der Waals surface area contributed by atoms with Crippen molar-refractivity contribution in [3.05, 3.63) is 0 Å². The maximum Gasteiger partial charge on any atom is 0.0968 e. The average Bonchev–Trinajstić information content (AvgIpc) is 2.71. The SMILES string of the molecule is CCCCCCCCCCCCC1=NCC(C)(C)N1. The fraction of sp³-hybridized carbons (Fsp3) is 0.941. The molecule has 0 bridgehead atoms. The molecule has 0 saturated heterocycles. The molecule has 1 aliphatic rings. The van der Waals surface area contributed by atoms with Crippen LogP contribution in [0.5, 0.6) is 0 Å². The Morgan fingerprint density at radius 1 is 0.895 bits per heavy atom. The largest absolute Gasteiger partial charge is 0.367 e. The lowest BCUT2D eigenvalue weighted by Crippen LogP contribution is -2.39. The maximum atomic E-state index is 4.57. The molecule has 0 amide bonds. The maximum absolute atomic E-state index is 4.57. The van der Waals surface area contributed by atoms with Crippen LogP contribution in [0.3, 0.4) is 0 Å². The van der Waals surface area contributed by atoms with Crippen LogP contribution < -0.4 is 5.32 Å². The topological polar surface area (TPSA) is 24.4 Å². The summed E-state index contributed by atoms with van der Waals surface area (Å²) < 4.78 is 0.